The second-order valence-corrected chi connectivity index (χ2v) is 6.95. The Morgan fingerprint density at radius 1 is 1.26 bits per heavy atom. The molecule has 0 aliphatic heterocycles. The van der Waals surface area contributed by atoms with Crippen molar-refractivity contribution in [2.24, 2.45) is 0 Å². The fraction of sp³-hybridized carbons (Fsp3) is 0.444. The van der Waals surface area contributed by atoms with Crippen molar-refractivity contribution in [3.8, 4) is 0 Å². The smallest absolute Gasteiger partial charge is 0.412 e. The van der Waals surface area contributed by atoms with Gasteiger partial charge >= 0.3 is 17.7 Å². The van der Waals surface area contributed by atoms with Crippen LogP contribution < -0.4 is 16.3 Å². The number of ether oxygens (including phenoxy) is 2. The zero-order chi connectivity index (χ0) is 20.4. The standard InChI is InChI=1S/C18H23N3O6/c1-9-11(21-17(24)27-18(3,4)5)7-8-12-13(9)15(23)26-16(20-12)19-10(2)14(22)25-6/h7-8,10H,1-6H3,(H,19,20)(H,21,24)/t10-/m0/s1. The molecule has 146 valence electrons. The maximum atomic E-state index is 12.4. The molecule has 1 heterocycles. The third-order valence-electron chi connectivity index (χ3n) is 3.59. The van der Waals surface area contributed by atoms with E-state index < -0.39 is 29.3 Å². The van der Waals surface area contributed by atoms with Crippen LogP contribution in [-0.2, 0) is 14.3 Å². The van der Waals surface area contributed by atoms with Gasteiger partial charge in [-0.1, -0.05) is 0 Å². The Bertz CT molecular complexity index is 929. The number of esters is 1. The topological polar surface area (TPSA) is 120 Å². The van der Waals surface area contributed by atoms with Gasteiger partial charge in [0.1, 0.15) is 11.6 Å². The first-order chi connectivity index (χ1) is 12.5. The van der Waals surface area contributed by atoms with Gasteiger partial charge < -0.3 is 19.2 Å². The minimum atomic E-state index is -0.739. The number of methoxy groups -OCH3 is 1. The van der Waals surface area contributed by atoms with Crippen LogP contribution >= 0.6 is 0 Å². The van der Waals surface area contributed by atoms with E-state index in [0.29, 0.717) is 16.8 Å². The normalized spacial score (nSPS) is 12.4. The van der Waals surface area contributed by atoms with E-state index >= 15 is 0 Å². The maximum Gasteiger partial charge on any atom is 0.412 e. The Hall–Kier alpha value is -3.10. The van der Waals surface area contributed by atoms with Gasteiger partial charge in [0.15, 0.2) is 0 Å². The van der Waals surface area contributed by atoms with E-state index in [0.717, 1.165) is 0 Å². The fourth-order valence-electron chi connectivity index (χ4n) is 2.35. The van der Waals surface area contributed by atoms with Crippen molar-refractivity contribution in [3.63, 3.8) is 0 Å². The first kappa shape index (κ1) is 20.2. The number of benzene rings is 1. The van der Waals surface area contributed by atoms with Crippen LogP contribution in [0, 0.1) is 6.92 Å². The summed E-state index contributed by atoms with van der Waals surface area (Å²) in [5.74, 6) is -0.521. The van der Waals surface area contributed by atoms with Crippen LogP contribution in [-0.4, -0.2) is 35.8 Å². The second kappa shape index (κ2) is 7.65. The number of rotatable bonds is 4. The summed E-state index contributed by atoms with van der Waals surface area (Å²) in [6.07, 6.45) is -0.632. The van der Waals surface area contributed by atoms with Gasteiger partial charge in [-0.25, -0.2) is 14.4 Å². The largest absolute Gasteiger partial charge is 0.467 e. The Morgan fingerprint density at radius 2 is 1.93 bits per heavy atom. The third-order valence-corrected chi connectivity index (χ3v) is 3.59. The lowest BCUT2D eigenvalue weighted by atomic mass is 10.1. The number of aromatic nitrogens is 1. The Kier molecular flexibility index (Phi) is 5.72. The molecule has 0 fully saturated rings. The first-order valence-electron chi connectivity index (χ1n) is 8.30. The molecule has 0 radical (unpaired) electrons. The van der Waals surface area contributed by atoms with Crippen LogP contribution in [0.5, 0.6) is 0 Å². The van der Waals surface area contributed by atoms with E-state index in [1.54, 1.807) is 46.8 Å². The number of hydrogen-bond donors (Lipinski definition) is 2. The van der Waals surface area contributed by atoms with E-state index in [1.165, 1.54) is 7.11 Å². The molecule has 0 aliphatic rings. The lowest BCUT2D eigenvalue weighted by Gasteiger charge is -2.20. The van der Waals surface area contributed by atoms with Crippen LogP contribution in [0.3, 0.4) is 0 Å². The van der Waals surface area contributed by atoms with Crippen LogP contribution in [0.1, 0.15) is 33.3 Å². The predicted octanol–water partition coefficient (Wildman–Crippen LogP) is 2.82. The zero-order valence-corrected chi connectivity index (χ0v) is 16.1. The van der Waals surface area contributed by atoms with Gasteiger partial charge in [-0.2, -0.15) is 4.98 Å². The van der Waals surface area contributed by atoms with Crippen molar-refractivity contribution in [1.29, 1.82) is 0 Å². The summed E-state index contributed by atoms with van der Waals surface area (Å²) in [5.41, 5.74) is -0.0311. The number of amides is 1. The molecule has 2 N–H and O–H groups in total. The molecular formula is C18H23N3O6. The van der Waals surface area contributed by atoms with Gasteiger partial charge in [0.25, 0.3) is 6.01 Å². The summed E-state index contributed by atoms with van der Waals surface area (Å²) in [7, 11) is 1.26. The van der Waals surface area contributed by atoms with Gasteiger partial charge in [-0.3, -0.25) is 5.32 Å². The molecule has 0 saturated heterocycles. The van der Waals surface area contributed by atoms with Crippen molar-refractivity contribution in [2.45, 2.75) is 46.3 Å². The summed E-state index contributed by atoms with van der Waals surface area (Å²) in [5, 5.41) is 5.51. The highest BCUT2D eigenvalue weighted by Gasteiger charge is 2.20. The molecule has 9 nitrogen and oxygen atoms in total. The van der Waals surface area contributed by atoms with E-state index in [1.807, 2.05) is 0 Å². The molecule has 0 unspecified atom stereocenters. The van der Waals surface area contributed by atoms with Crippen molar-refractivity contribution >= 4 is 34.7 Å². The number of nitrogens with zero attached hydrogens (tertiary/aromatic N) is 1. The lowest BCUT2D eigenvalue weighted by Crippen LogP contribution is -2.28. The fourth-order valence-corrected chi connectivity index (χ4v) is 2.35. The molecule has 0 aliphatic carbocycles. The van der Waals surface area contributed by atoms with Gasteiger partial charge in [0.2, 0.25) is 0 Å². The monoisotopic (exact) mass is 377 g/mol. The summed E-state index contributed by atoms with van der Waals surface area (Å²) >= 11 is 0. The lowest BCUT2D eigenvalue weighted by molar-refractivity contribution is -0.141. The van der Waals surface area contributed by atoms with Gasteiger partial charge in [0, 0.05) is 5.69 Å². The summed E-state index contributed by atoms with van der Waals surface area (Å²) in [6, 6.07) is 2.34. The number of carbonyl (C=O) groups excluding carboxylic acids is 2. The molecule has 0 saturated carbocycles. The summed E-state index contributed by atoms with van der Waals surface area (Å²) < 4.78 is 15.0. The van der Waals surface area contributed by atoms with E-state index in [4.69, 9.17) is 9.15 Å². The molecule has 2 aromatic rings. The van der Waals surface area contributed by atoms with E-state index in [-0.39, 0.29) is 11.4 Å². The Morgan fingerprint density at radius 3 is 2.52 bits per heavy atom. The molecule has 1 aromatic carbocycles. The Balaban J connectivity index is 2.34. The maximum absolute atomic E-state index is 12.4. The van der Waals surface area contributed by atoms with Gasteiger partial charge in [-0.05, 0) is 52.3 Å². The molecule has 2 rings (SSSR count). The predicted molar refractivity (Wildman–Crippen MR) is 100.0 cm³/mol. The third kappa shape index (κ3) is 4.96. The minimum Gasteiger partial charge on any atom is -0.467 e. The van der Waals surface area contributed by atoms with Crippen molar-refractivity contribution in [1.82, 2.24) is 4.98 Å². The zero-order valence-electron chi connectivity index (χ0n) is 16.1. The van der Waals surface area contributed by atoms with Gasteiger partial charge in [0.05, 0.1) is 18.0 Å². The van der Waals surface area contributed by atoms with Crippen LogP contribution in [0.4, 0.5) is 16.5 Å². The summed E-state index contributed by atoms with van der Waals surface area (Å²) in [6.45, 7) is 8.47. The highest BCUT2D eigenvalue weighted by Crippen LogP contribution is 2.24. The SMILES string of the molecule is COC(=O)[C@H](C)Nc1nc2ccc(NC(=O)OC(C)(C)C)c(C)c2c(=O)o1. The quantitative estimate of drug-likeness (QED) is 0.781. The van der Waals surface area contributed by atoms with E-state index in [2.05, 4.69) is 20.4 Å². The molecule has 9 heteroatoms. The molecule has 0 bridgehead atoms. The number of hydrogen-bond acceptors (Lipinski definition) is 8. The average Bonchev–Trinajstić information content (AvgIpc) is 2.54. The van der Waals surface area contributed by atoms with Crippen molar-refractivity contribution < 1.29 is 23.5 Å². The van der Waals surface area contributed by atoms with Crippen LogP contribution in [0.25, 0.3) is 10.9 Å². The van der Waals surface area contributed by atoms with Crippen LogP contribution in [0.15, 0.2) is 21.3 Å². The molecule has 1 aromatic heterocycles. The number of nitrogens with one attached hydrogen (secondary N) is 2. The first-order valence-corrected chi connectivity index (χ1v) is 8.30. The number of aryl methyl sites for hydroxylation is 1. The van der Waals surface area contributed by atoms with Crippen LogP contribution in [0.2, 0.25) is 0 Å². The number of anilines is 2. The number of carbonyl (C=O) groups is 2. The minimum absolute atomic E-state index is 0.0994. The highest BCUT2D eigenvalue weighted by atomic mass is 16.6. The van der Waals surface area contributed by atoms with Crippen molar-refractivity contribution in [2.75, 3.05) is 17.7 Å². The summed E-state index contributed by atoms with van der Waals surface area (Å²) in [4.78, 5) is 40.1. The second-order valence-electron chi connectivity index (χ2n) is 6.95. The molecule has 0 spiro atoms. The number of fused-ring (bicyclic) bond motifs is 1. The molecule has 1 atom stereocenters. The highest BCUT2D eigenvalue weighted by molar-refractivity contribution is 5.93. The Labute approximate surface area is 156 Å². The molecule has 27 heavy (non-hydrogen) atoms. The van der Waals surface area contributed by atoms with E-state index in [9.17, 15) is 14.4 Å². The average molecular weight is 377 g/mol. The van der Waals surface area contributed by atoms with Gasteiger partial charge in [-0.15, -0.1) is 0 Å². The molecular weight excluding hydrogens is 354 g/mol. The molecule has 1 amide bonds. The van der Waals surface area contributed by atoms with Crippen molar-refractivity contribution in [3.05, 3.63) is 28.1 Å².